The summed E-state index contributed by atoms with van der Waals surface area (Å²) in [7, 11) is 0. The average molecular weight is 241 g/mol. The SMILES string of the molecule is CC1(C)CC1Nc1ncc(C(=O)O)cc1Cl. The van der Waals surface area contributed by atoms with Gasteiger partial charge in [0.2, 0.25) is 0 Å². The van der Waals surface area contributed by atoms with Crippen molar-refractivity contribution in [1.29, 1.82) is 0 Å². The van der Waals surface area contributed by atoms with Crippen LogP contribution in [0.1, 0.15) is 30.6 Å². The Morgan fingerprint density at radius 2 is 2.31 bits per heavy atom. The quantitative estimate of drug-likeness (QED) is 0.853. The van der Waals surface area contributed by atoms with E-state index < -0.39 is 5.97 Å². The molecule has 0 amide bonds. The second kappa shape index (κ2) is 3.63. The molecule has 0 radical (unpaired) electrons. The number of nitrogens with zero attached hydrogens (tertiary/aromatic N) is 1. The Labute approximate surface area is 98.6 Å². The average Bonchev–Trinajstić information content (AvgIpc) is 2.77. The lowest BCUT2D eigenvalue weighted by Crippen LogP contribution is -2.10. The second-order valence-electron chi connectivity index (χ2n) is 4.75. The highest BCUT2D eigenvalue weighted by Gasteiger charge is 2.46. The number of hydrogen-bond acceptors (Lipinski definition) is 3. The zero-order valence-electron chi connectivity index (χ0n) is 9.12. The van der Waals surface area contributed by atoms with Gasteiger partial charge in [-0.3, -0.25) is 0 Å². The van der Waals surface area contributed by atoms with Crippen LogP contribution in [0.4, 0.5) is 5.82 Å². The lowest BCUT2D eigenvalue weighted by Gasteiger charge is -2.09. The number of hydrogen-bond donors (Lipinski definition) is 2. The summed E-state index contributed by atoms with van der Waals surface area (Å²) in [5, 5.41) is 12.3. The maximum atomic E-state index is 10.7. The van der Waals surface area contributed by atoms with Crippen LogP contribution in [-0.2, 0) is 0 Å². The van der Waals surface area contributed by atoms with Crippen molar-refractivity contribution >= 4 is 23.4 Å². The van der Waals surface area contributed by atoms with Gasteiger partial charge in [-0.25, -0.2) is 9.78 Å². The molecule has 0 saturated heterocycles. The summed E-state index contributed by atoms with van der Waals surface area (Å²) in [6.07, 6.45) is 2.39. The zero-order valence-corrected chi connectivity index (χ0v) is 9.88. The molecule has 0 spiro atoms. The summed E-state index contributed by atoms with van der Waals surface area (Å²) >= 11 is 5.95. The lowest BCUT2D eigenvalue weighted by molar-refractivity contribution is 0.0696. The van der Waals surface area contributed by atoms with E-state index in [1.807, 2.05) is 0 Å². The molecule has 1 saturated carbocycles. The Kier molecular flexibility index (Phi) is 2.54. The highest BCUT2D eigenvalue weighted by molar-refractivity contribution is 6.33. The van der Waals surface area contributed by atoms with E-state index in [0.717, 1.165) is 6.42 Å². The molecule has 0 bridgehead atoms. The number of halogens is 1. The third kappa shape index (κ3) is 2.11. The minimum absolute atomic E-state index is 0.102. The summed E-state index contributed by atoms with van der Waals surface area (Å²) in [5.41, 5.74) is 0.377. The number of anilines is 1. The first kappa shape index (κ1) is 11.2. The summed E-state index contributed by atoms with van der Waals surface area (Å²) in [6, 6.07) is 1.78. The molecule has 2 rings (SSSR count). The van der Waals surface area contributed by atoms with E-state index >= 15 is 0 Å². The molecule has 1 unspecified atom stereocenters. The number of pyridine rings is 1. The van der Waals surface area contributed by atoms with Gasteiger partial charge in [0.05, 0.1) is 10.6 Å². The number of rotatable bonds is 3. The van der Waals surface area contributed by atoms with Crippen LogP contribution in [0.3, 0.4) is 0 Å². The predicted molar refractivity (Wildman–Crippen MR) is 62.0 cm³/mol. The van der Waals surface area contributed by atoms with Crippen molar-refractivity contribution in [2.75, 3.05) is 5.32 Å². The van der Waals surface area contributed by atoms with Crippen LogP contribution in [0.15, 0.2) is 12.3 Å². The third-order valence-electron chi connectivity index (χ3n) is 2.91. The molecule has 86 valence electrons. The van der Waals surface area contributed by atoms with Crippen LogP contribution >= 0.6 is 11.6 Å². The van der Waals surface area contributed by atoms with Crippen molar-refractivity contribution < 1.29 is 9.90 Å². The lowest BCUT2D eigenvalue weighted by atomic mass is 10.2. The van der Waals surface area contributed by atoms with Gasteiger partial charge < -0.3 is 10.4 Å². The van der Waals surface area contributed by atoms with Crippen molar-refractivity contribution in [1.82, 2.24) is 4.98 Å². The van der Waals surface area contributed by atoms with E-state index in [4.69, 9.17) is 16.7 Å². The summed E-state index contributed by atoms with van der Waals surface area (Å²) in [6.45, 7) is 4.31. The minimum Gasteiger partial charge on any atom is -0.478 e. The fraction of sp³-hybridized carbons (Fsp3) is 0.455. The molecule has 5 heteroatoms. The van der Waals surface area contributed by atoms with Gasteiger partial charge in [-0.2, -0.15) is 0 Å². The fourth-order valence-electron chi connectivity index (χ4n) is 1.54. The minimum atomic E-state index is -1.02. The van der Waals surface area contributed by atoms with Crippen LogP contribution in [0.2, 0.25) is 5.02 Å². The zero-order chi connectivity index (χ0) is 11.9. The van der Waals surface area contributed by atoms with Crippen molar-refractivity contribution in [2.24, 2.45) is 5.41 Å². The Morgan fingerprint density at radius 3 is 2.75 bits per heavy atom. The molecule has 1 aliphatic rings. The smallest absolute Gasteiger partial charge is 0.337 e. The number of carboxylic acid groups (broad SMARTS) is 1. The first-order valence-corrected chi connectivity index (χ1v) is 5.43. The van der Waals surface area contributed by atoms with Gasteiger partial charge in [0, 0.05) is 12.2 Å². The summed E-state index contributed by atoms with van der Waals surface area (Å²) in [4.78, 5) is 14.7. The molecule has 1 atom stereocenters. The van der Waals surface area contributed by atoms with Gasteiger partial charge in [-0.05, 0) is 17.9 Å². The topological polar surface area (TPSA) is 62.2 Å². The maximum Gasteiger partial charge on any atom is 0.337 e. The number of carboxylic acids is 1. The fourth-order valence-corrected chi connectivity index (χ4v) is 1.76. The van der Waals surface area contributed by atoms with Crippen molar-refractivity contribution in [3.8, 4) is 0 Å². The molecule has 1 fully saturated rings. The summed E-state index contributed by atoms with van der Waals surface area (Å²) in [5.74, 6) is -0.463. The largest absolute Gasteiger partial charge is 0.478 e. The predicted octanol–water partition coefficient (Wildman–Crippen LogP) is 2.64. The number of nitrogens with one attached hydrogen (secondary N) is 1. The Morgan fingerprint density at radius 1 is 1.69 bits per heavy atom. The Balaban J connectivity index is 2.14. The number of aromatic nitrogens is 1. The van der Waals surface area contributed by atoms with E-state index in [1.54, 1.807) is 0 Å². The van der Waals surface area contributed by atoms with Crippen molar-refractivity contribution in [3.63, 3.8) is 0 Å². The molecule has 2 N–H and O–H groups in total. The van der Waals surface area contributed by atoms with Crippen LogP contribution in [-0.4, -0.2) is 22.1 Å². The first-order valence-electron chi connectivity index (χ1n) is 5.05. The molecule has 1 heterocycles. The Hall–Kier alpha value is -1.29. The highest BCUT2D eigenvalue weighted by atomic mass is 35.5. The molecule has 0 aliphatic heterocycles. The Bertz CT molecular complexity index is 446. The van der Waals surface area contributed by atoms with Gasteiger partial charge in [0.15, 0.2) is 0 Å². The maximum absolute atomic E-state index is 10.7. The first-order chi connectivity index (χ1) is 7.40. The van der Waals surface area contributed by atoms with Gasteiger partial charge >= 0.3 is 5.97 Å². The van der Waals surface area contributed by atoms with Crippen LogP contribution in [0.25, 0.3) is 0 Å². The molecule has 1 aliphatic carbocycles. The van der Waals surface area contributed by atoms with E-state index in [9.17, 15) is 4.79 Å². The summed E-state index contributed by atoms with van der Waals surface area (Å²) < 4.78 is 0. The molecule has 1 aromatic rings. The second-order valence-corrected chi connectivity index (χ2v) is 5.16. The van der Waals surface area contributed by atoms with E-state index in [-0.39, 0.29) is 11.0 Å². The molecule has 1 aromatic heterocycles. The van der Waals surface area contributed by atoms with E-state index in [0.29, 0.717) is 16.9 Å². The monoisotopic (exact) mass is 240 g/mol. The normalized spacial score (nSPS) is 21.6. The molecule has 16 heavy (non-hydrogen) atoms. The molecular weight excluding hydrogens is 228 g/mol. The van der Waals surface area contributed by atoms with E-state index in [2.05, 4.69) is 24.1 Å². The molecule has 0 aromatic carbocycles. The third-order valence-corrected chi connectivity index (χ3v) is 3.20. The van der Waals surface area contributed by atoms with Crippen LogP contribution < -0.4 is 5.32 Å². The van der Waals surface area contributed by atoms with Crippen molar-refractivity contribution in [2.45, 2.75) is 26.3 Å². The van der Waals surface area contributed by atoms with Gasteiger partial charge in [0.1, 0.15) is 5.82 Å². The number of aromatic carboxylic acids is 1. The van der Waals surface area contributed by atoms with Gasteiger partial charge in [-0.1, -0.05) is 25.4 Å². The van der Waals surface area contributed by atoms with Crippen LogP contribution in [0.5, 0.6) is 0 Å². The van der Waals surface area contributed by atoms with Gasteiger partial charge in [-0.15, -0.1) is 0 Å². The molecular formula is C11H13ClN2O2. The van der Waals surface area contributed by atoms with Gasteiger partial charge in [0.25, 0.3) is 0 Å². The van der Waals surface area contributed by atoms with E-state index in [1.165, 1.54) is 12.3 Å². The number of carbonyl (C=O) groups is 1. The standard InChI is InChI=1S/C11H13ClN2O2/c1-11(2)4-8(11)14-9-7(12)3-6(5-13-9)10(15)16/h3,5,8H,4H2,1-2H3,(H,13,14)(H,15,16). The highest BCUT2D eigenvalue weighted by Crippen LogP contribution is 2.46. The molecule has 4 nitrogen and oxygen atoms in total. The van der Waals surface area contributed by atoms with Crippen molar-refractivity contribution in [3.05, 3.63) is 22.8 Å². The van der Waals surface area contributed by atoms with Crippen LogP contribution in [0, 0.1) is 5.41 Å².